The number of hydrogen-bond donors (Lipinski definition) is 1. The van der Waals surface area contributed by atoms with E-state index in [2.05, 4.69) is 0 Å². The molecule has 1 aromatic rings. The third kappa shape index (κ3) is 2.45. The number of carboxylic acid groups (broad SMARTS) is 1. The summed E-state index contributed by atoms with van der Waals surface area (Å²) in [5.41, 5.74) is -0.270. The second-order valence-corrected chi connectivity index (χ2v) is 5.57. The molecular formula is C16H21FO4. The summed E-state index contributed by atoms with van der Waals surface area (Å²) < 4.78 is 25.1. The molecule has 0 unspecified atom stereocenters. The highest BCUT2D eigenvalue weighted by molar-refractivity contribution is 5.82. The minimum absolute atomic E-state index is 0.0151. The Bertz CT molecular complexity index is 548. The standard InChI is InChI=1S/C16H21FO4/c1-10-9-11(12(17)14(21-3)13(10)20-2)16(15(18)19)7-5-4-6-8-16/h9H,4-8H2,1-3H3,(H,18,19). The number of carbonyl (C=O) groups is 1. The Morgan fingerprint density at radius 3 is 2.24 bits per heavy atom. The van der Waals surface area contributed by atoms with Crippen LogP contribution in [0.15, 0.2) is 6.07 Å². The first kappa shape index (κ1) is 15.6. The van der Waals surface area contributed by atoms with Gasteiger partial charge in [-0.3, -0.25) is 4.79 Å². The Labute approximate surface area is 123 Å². The molecule has 1 aliphatic rings. The molecule has 1 aromatic carbocycles. The zero-order chi connectivity index (χ0) is 15.6. The summed E-state index contributed by atoms with van der Waals surface area (Å²) >= 11 is 0. The zero-order valence-electron chi connectivity index (χ0n) is 12.7. The molecule has 0 radical (unpaired) electrons. The number of halogens is 1. The first-order chi connectivity index (χ1) is 9.97. The van der Waals surface area contributed by atoms with E-state index in [4.69, 9.17) is 9.47 Å². The predicted octanol–water partition coefficient (Wildman–Crippen LogP) is 3.44. The first-order valence-corrected chi connectivity index (χ1v) is 7.13. The van der Waals surface area contributed by atoms with Crippen LogP contribution in [-0.4, -0.2) is 25.3 Å². The summed E-state index contributed by atoms with van der Waals surface area (Å²) in [6.07, 6.45) is 3.48. The third-order valence-electron chi connectivity index (χ3n) is 4.40. The molecule has 2 rings (SSSR count). The lowest BCUT2D eigenvalue weighted by Gasteiger charge is -2.34. The molecule has 0 aromatic heterocycles. The van der Waals surface area contributed by atoms with Gasteiger partial charge in [0, 0.05) is 5.56 Å². The van der Waals surface area contributed by atoms with E-state index >= 15 is 0 Å². The van der Waals surface area contributed by atoms with E-state index < -0.39 is 17.2 Å². The van der Waals surface area contributed by atoms with E-state index in [1.807, 2.05) is 0 Å². The third-order valence-corrected chi connectivity index (χ3v) is 4.40. The maximum atomic E-state index is 14.8. The number of benzene rings is 1. The van der Waals surface area contributed by atoms with Gasteiger partial charge in [-0.05, 0) is 31.4 Å². The van der Waals surface area contributed by atoms with Crippen molar-refractivity contribution in [3.63, 3.8) is 0 Å². The second kappa shape index (κ2) is 5.92. The molecule has 21 heavy (non-hydrogen) atoms. The van der Waals surface area contributed by atoms with Crippen LogP contribution in [0, 0.1) is 12.7 Å². The van der Waals surface area contributed by atoms with Gasteiger partial charge in [-0.15, -0.1) is 0 Å². The van der Waals surface area contributed by atoms with Crippen LogP contribution < -0.4 is 9.47 Å². The van der Waals surface area contributed by atoms with E-state index in [1.54, 1.807) is 13.0 Å². The summed E-state index contributed by atoms with van der Waals surface area (Å²) in [7, 11) is 2.80. The monoisotopic (exact) mass is 296 g/mol. The highest BCUT2D eigenvalue weighted by Crippen LogP contribution is 2.46. The molecule has 0 bridgehead atoms. The Morgan fingerprint density at radius 1 is 1.19 bits per heavy atom. The Balaban J connectivity index is 2.67. The Kier molecular flexibility index (Phi) is 4.40. The number of rotatable bonds is 4. The fourth-order valence-electron chi connectivity index (χ4n) is 3.28. The topological polar surface area (TPSA) is 55.8 Å². The second-order valence-electron chi connectivity index (χ2n) is 5.57. The maximum absolute atomic E-state index is 14.8. The fraction of sp³-hybridized carbons (Fsp3) is 0.562. The summed E-state index contributed by atoms with van der Waals surface area (Å²) in [4.78, 5) is 11.9. The van der Waals surface area contributed by atoms with Gasteiger partial charge in [0.25, 0.3) is 0 Å². The fourth-order valence-corrected chi connectivity index (χ4v) is 3.28. The molecule has 0 spiro atoms. The van der Waals surface area contributed by atoms with Crippen LogP contribution in [0.5, 0.6) is 11.5 Å². The maximum Gasteiger partial charge on any atom is 0.314 e. The van der Waals surface area contributed by atoms with Crippen LogP contribution in [0.2, 0.25) is 0 Å². The molecule has 4 nitrogen and oxygen atoms in total. The van der Waals surface area contributed by atoms with E-state index in [9.17, 15) is 14.3 Å². The van der Waals surface area contributed by atoms with E-state index in [0.717, 1.165) is 19.3 Å². The lowest BCUT2D eigenvalue weighted by atomic mass is 9.69. The Morgan fingerprint density at radius 2 is 1.76 bits per heavy atom. The van der Waals surface area contributed by atoms with Gasteiger partial charge in [-0.25, -0.2) is 4.39 Å². The van der Waals surface area contributed by atoms with E-state index in [0.29, 0.717) is 24.2 Å². The minimum Gasteiger partial charge on any atom is -0.492 e. The van der Waals surface area contributed by atoms with Crippen LogP contribution in [0.1, 0.15) is 43.2 Å². The van der Waals surface area contributed by atoms with Gasteiger partial charge in [-0.2, -0.15) is 0 Å². The van der Waals surface area contributed by atoms with Crippen molar-refractivity contribution in [2.75, 3.05) is 14.2 Å². The van der Waals surface area contributed by atoms with E-state index in [1.165, 1.54) is 14.2 Å². The number of methoxy groups -OCH3 is 2. The van der Waals surface area contributed by atoms with Crippen LogP contribution >= 0.6 is 0 Å². The zero-order valence-corrected chi connectivity index (χ0v) is 12.7. The normalized spacial score (nSPS) is 17.3. The summed E-state index contributed by atoms with van der Waals surface area (Å²) in [5.74, 6) is -1.29. The summed E-state index contributed by atoms with van der Waals surface area (Å²) in [5, 5.41) is 9.71. The van der Waals surface area contributed by atoms with Gasteiger partial charge in [0.2, 0.25) is 0 Å². The molecule has 1 N–H and O–H groups in total. The lowest BCUT2D eigenvalue weighted by Crippen LogP contribution is -2.38. The molecule has 116 valence electrons. The molecule has 5 heteroatoms. The predicted molar refractivity (Wildman–Crippen MR) is 76.6 cm³/mol. The van der Waals surface area contributed by atoms with Crippen molar-refractivity contribution in [2.24, 2.45) is 0 Å². The highest BCUT2D eigenvalue weighted by atomic mass is 19.1. The quantitative estimate of drug-likeness (QED) is 0.924. The number of aryl methyl sites for hydroxylation is 1. The number of hydrogen-bond acceptors (Lipinski definition) is 3. The molecule has 0 atom stereocenters. The van der Waals surface area contributed by atoms with Crippen molar-refractivity contribution in [3.05, 3.63) is 23.0 Å². The number of carboxylic acids is 1. The van der Waals surface area contributed by atoms with Gasteiger partial charge >= 0.3 is 5.97 Å². The van der Waals surface area contributed by atoms with Crippen molar-refractivity contribution in [1.29, 1.82) is 0 Å². The lowest BCUT2D eigenvalue weighted by molar-refractivity contribution is -0.145. The van der Waals surface area contributed by atoms with Crippen LogP contribution in [-0.2, 0) is 10.2 Å². The number of ether oxygens (including phenoxy) is 2. The highest BCUT2D eigenvalue weighted by Gasteiger charge is 2.44. The average Bonchev–Trinajstić information content (AvgIpc) is 2.49. The van der Waals surface area contributed by atoms with Crippen LogP contribution in [0.4, 0.5) is 4.39 Å². The van der Waals surface area contributed by atoms with Crippen molar-refractivity contribution < 1.29 is 23.8 Å². The van der Waals surface area contributed by atoms with Crippen molar-refractivity contribution in [1.82, 2.24) is 0 Å². The van der Waals surface area contributed by atoms with Gasteiger partial charge in [0.1, 0.15) is 0 Å². The average molecular weight is 296 g/mol. The molecule has 1 aliphatic carbocycles. The molecule has 1 fully saturated rings. The van der Waals surface area contributed by atoms with Crippen molar-refractivity contribution in [3.8, 4) is 11.5 Å². The molecule has 0 aliphatic heterocycles. The SMILES string of the molecule is COc1c(C)cc(C2(C(=O)O)CCCCC2)c(F)c1OC. The minimum atomic E-state index is -1.16. The molecule has 0 saturated heterocycles. The smallest absolute Gasteiger partial charge is 0.314 e. The van der Waals surface area contributed by atoms with E-state index in [-0.39, 0.29) is 11.3 Å². The largest absolute Gasteiger partial charge is 0.492 e. The molecule has 0 amide bonds. The van der Waals surface area contributed by atoms with Gasteiger partial charge in [0.15, 0.2) is 17.3 Å². The van der Waals surface area contributed by atoms with Crippen molar-refractivity contribution >= 4 is 5.97 Å². The molecule has 1 saturated carbocycles. The van der Waals surface area contributed by atoms with Crippen molar-refractivity contribution in [2.45, 2.75) is 44.4 Å². The van der Waals surface area contributed by atoms with Crippen LogP contribution in [0.3, 0.4) is 0 Å². The Hall–Kier alpha value is -1.78. The molecule has 0 heterocycles. The first-order valence-electron chi connectivity index (χ1n) is 7.13. The van der Waals surface area contributed by atoms with Gasteiger partial charge in [0.05, 0.1) is 19.6 Å². The summed E-state index contributed by atoms with van der Waals surface area (Å²) in [6, 6.07) is 1.59. The van der Waals surface area contributed by atoms with Crippen LogP contribution in [0.25, 0.3) is 0 Å². The molecular weight excluding hydrogens is 275 g/mol. The number of aliphatic carboxylic acids is 1. The van der Waals surface area contributed by atoms with Gasteiger partial charge in [-0.1, -0.05) is 19.3 Å². The van der Waals surface area contributed by atoms with Gasteiger partial charge < -0.3 is 14.6 Å². The summed E-state index contributed by atoms with van der Waals surface area (Å²) in [6.45, 7) is 1.77.